The molecule has 0 heterocycles. The lowest BCUT2D eigenvalue weighted by Gasteiger charge is -2.39. The number of carbonyl (C=O) groups excluding carboxylic acids is 1. The lowest BCUT2D eigenvalue weighted by Crippen LogP contribution is -2.45. The van der Waals surface area contributed by atoms with Crippen LogP contribution in [0.2, 0.25) is 18.1 Å². The Kier molecular flexibility index (Phi) is 7.95. The topological polar surface area (TPSA) is 46.5 Å². The first-order chi connectivity index (χ1) is 9.16. The molecular weight excluding hydrogens is 351 g/mol. The van der Waals surface area contributed by atoms with Crippen LogP contribution in [0.15, 0.2) is 12.2 Å². The van der Waals surface area contributed by atoms with Gasteiger partial charge in [0.15, 0.2) is 17.9 Å². The summed E-state index contributed by atoms with van der Waals surface area (Å²) in [6.07, 6.45) is 1.12. The Labute approximate surface area is 143 Å². The monoisotopic (exact) mass is 374 g/mol. The van der Waals surface area contributed by atoms with E-state index in [-0.39, 0.29) is 17.2 Å². The van der Waals surface area contributed by atoms with Crippen LogP contribution in [0.4, 0.5) is 0 Å². The molecule has 0 aromatic heterocycles. The number of carbonyl (C=O) groups is 1. The van der Waals surface area contributed by atoms with E-state index in [2.05, 4.69) is 33.9 Å². The number of hydrogen-bond acceptors (Lipinski definition) is 3. The minimum atomic E-state index is -1.97. The van der Waals surface area contributed by atoms with Crippen molar-refractivity contribution in [2.45, 2.75) is 68.2 Å². The summed E-state index contributed by atoms with van der Waals surface area (Å²) in [5, 5.41) is 10.1. The van der Waals surface area contributed by atoms with E-state index in [4.69, 9.17) is 39.2 Å². The molecule has 0 saturated heterocycles. The standard InChI is InChI=1S/C14H25Cl3O3Si/c1-10(20-21(5,6)13(2,3)4)12(19)8-7-11(18)9-14(15,16)17/h7-8,10,12,19H,9H2,1-6H3/b8-7+/t10-,12+/m0/s1. The fraction of sp³-hybridized carbons (Fsp3) is 0.786. The van der Waals surface area contributed by atoms with Gasteiger partial charge in [-0.2, -0.15) is 0 Å². The minimum absolute atomic E-state index is 0.0516. The van der Waals surface area contributed by atoms with Crippen LogP contribution >= 0.6 is 34.8 Å². The third-order valence-corrected chi connectivity index (χ3v) is 8.60. The zero-order valence-electron chi connectivity index (χ0n) is 13.4. The van der Waals surface area contributed by atoms with Gasteiger partial charge in [-0.15, -0.1) is 0 Å². The maximum Gasteiger partial charge on any atom is 0.197 e. The van der Waals surface area contributed by atoms with Crippen LogP contribution in [0.3, 0.4) is 0 Å². The molecule has 0 unspecified atom stereocenters. The number of halogens is 3. The van der Waals surface area contributed by atoms with Gasteiger partial charge in [-0.1, -0.05) is 61.7 Å². The molecule has 0 radical (unpaired) electrons. The Bertz CT molecular complexity index is 384. The van der Waals surface area contributed by atoms with Crippen LogP contribution in [0, 0.1) is 0 Å². The molecule has 0 aliphatic rings. The van der Waals surface area contributed by atoms with Crippen molar-refractivity contribution >= 4 is 48.9 Å². The maximum absolute atomic E-state index is 11.5. The lowest BCUT2D eigenvalue weighted by molar-refractivity contribution is -0.114. The second kappa shape index (κ2) is 7.80. The third-order valence-electron chi connectivity index (χ3n) is 3.62. The summed E-state index contributed by atoms with van der Waals surface area (Å²) in [5.41, 5.74) is 0. The van der Waals surface area contributed by atoms with Crippen molar-refractivity contribution in [3.05, 3.63) is 12.2 Å². The fourth-order valence-electron chi connectivity index (χ4n) is 1.33. The average molecular weight is 376 g/mol. The van der Waals surface area contributed by atoms with Gasteiger partial charge in [-0.25, -0.2) is 0 Å². The molecule has 124 valence electrons. The minimum Gasteiger partial charge on any atom is -0.411 e. The summed E-state index contributed by atoms with van der Waals surface area (Å²) in [5.74, 6) is -0.353. The van der Waals surface area contributed by atoms with Crippen molar-refractivity contribution in [3.63, 3.8) is 0 Å². The largest absolute Gasteiger partial charge is 0.411 e. The number of allylic oxidation sites excluding steroid dienone is 1. The molecule has 0 bridgehead atoms. The maximum atomic E-state index is 11.5. The van der Waals surface area contributed by atoms with Gasteiger partial charge < -0.3 is 9.53 Å². The van der Waals surface area contributed by atoms with Gasteiger partial charge >= 0.3 is 0 Å². The number of hydrogen-bond donors (Lipinski definition) is 1. The number of aliphatic hydroxyl groups excluding tert-OH is 1. The zero-order chi connectivity index (χ0) is 17.1. The summed E-state index contributed by atoms with van der Waals surface area (Å²) in [6.45, 7) is 12.4. The SMILES string of the molecule is C[C@H](O[Si](C)(C)C(C)(C)C)[C@H](O)/C=C/C(=O)CC(Cl)(Cl)Cl. The molecular formula is C14H25Cl3O3Si. The fourth-order valence-corrected chi connectivity index (χ4v) is 3.15. The van der Waals surface area contributed by atoms with Gasteiger partial charge in [0.25, 0.3) is 0 Å². The number of rotatable bonds is 6. The molecule has 0 fully saturated rings. The van der Waals surface area contributed by atoms with Gasteiger partial charge in [-0.05, 0) is 31.1 Å². The van der Waals surface area contributed by atoms with Crippen molar-refractivity contribution in [1.82, 2.24) is 0 Å². The van der Waals surface area contributed by atoms with Crippen molar-refractivity contribution in [2.75, 3.05) is 0 Å². The highest BCUT2D eigenvalue weighted by molar-refractivity contribution is 6.74. The normalized spacial score (nSPS) is 17.0. The van der Waals surface area contributed by atoms with E-state index in [1.54, 1.807) is 6.92 Å². The molecule has 0 amide bonds. The van der Waals surface area contributed by atoms with E-state index in [1.807, 2.05) is 0 Å². The number of aliphatic hydroxyl groups is 1. The van der Waals surface area contributed by atoms with E-state index < -0.39 is 24.3 Å². The molecule has 0 saturated carbocycles. The van der Waals surface area contributed by atoms with E-state index in [9.17, 15) is 9.90 Å². The summed E-state index contributed by atoms with van der Waals surface area (Å²) in [4.78, 5) is 11.5. The predicted octanol–water partition coefficient (Wildman–Crippen LogP) is 4.64. The summed E-state index contributed by atoms with van der Waals surface area (Å²) < 4.78 is 4.43. The molecule has 2 atom stereocenters. The van der Waals surface area contributed by atoms with Crippen LogP contribution in [0.5, 0.6) is 0 Å². The van der Waals surface area contributed by atoms with Crippen LogP contribution in [0.1, 0.15) is 34.1 Å². The average Bonchev–Trinajstić information content (AvgIpc) is 2.21. The van der Waals surface area contributed by atoms with E-state index >= 15 is 0 Å². The zero-order valence-corrected chi connectivity index (χ0v) is 16.7. The van der Waals surface area contributed by atoms with Crippen LogP contribution in [0.25, 0.3) is 0 Å². The lowest BCUT2D eigenvalue weighted by atomic mass is 10.2. The molecule has 0 rings (SSSR count). The van der Waals surface area contributed by atoms with E-state index in [0.29, 0.717) is 0 Å². The van der Waals surface area contributed by atoms with Crippen molar-refractivity contribution in [2.24, 2.45) is 0 Å². The molecule has 0 aliphatic heterocycles. The highest BCUT2D eigenvalue weighted by atomic mass is 35.6. The van der Waals surface area contributed by atoms with Gasteiger partial charge in [-0.3, -0.25) is 4.79 Å². The Balaban J connectivity index is 4.60. The van der Waals surface area contributed by atoms with E-state index in [0.717, 1.165) is 0 Å². The quantitative estimate of drug-likeness (QED) is 0.418. The molecule has 7 heteroatoms. The molecule has 1 N–H and O–H groups in total. The van der Waals surface area contributed by atoms with Gasteiger partial charge in [0, 0.05) is 0 Å². The molecule has 0 aromatic carbocycles. The predicted molar refractivity (Wildman–Crippen MR) is 92.8 cm³/mol. The van der Waals surface area contributed by atoms with Gasteiger partial charge in [0.05, 0.1) is 18.6 Å². The summed E-state index contributed by atoms with van der Waals surface area (Å²) in [7, 11) is -1.97. The Morgan fingerprint density at radius 2 is 1.76 bits per heavy atom. The first-order valence-corrected chi connectivity index (χ1v) is 10.8. The first kappa shape index (κ1) is 21.4. The van der Waals surface area contributed by atoms with E-state index in [1.165, 1.54) is 12.2 Å². The first-order valence-electron chi connectivity index (χ1n) is 6.79. The van der Waals surface area contributed by atoms with Crippen LogP contribution < -0.4 is 0 Å². The molecule has 21 heavy (non-hydrogen) atoms. The highest BCUT2D eigenvalue weighted by Gasteiger charge is 2.39. The summed E-state index contributed by atoms with van der Waals surface area (Å²) >= 11 is 16.6. The number of alkyl halides is 3. The van der Waals surface area contributed by atoms with Gasteiger partial charge in [0.1, 0.15) is 0 Å². The molecule has 0 spiro atoms. The third kappa shape index (κ3) is 8.58. The van der Waals surface area contributed by atoms with Gasteiger partial charge in [0.2, 0.25) is 0 Å². The van der Waals surface area contributed by atoms with Crippen molar-refractivity contribution in [3.8, 4) is 0 Å². The van der Waals surface area contributed by atoms with Crippen molar-refractivity contribution in [1.29, 1.82) is 0 Å². The number of ketones is 1. The highest BCUT2D eigenvalue weighted by Crippen LogP contribution is 2.37. The Hall–Kier alpha value is 0.417. The van der Waals surface area contributed by atoms with Crippen LogP contribution in [-0.2, 0) is 9.22 Å². The Morgan fingerprint density at radius 1 is 1.29 bits per heavy atom. The smallest absolute Gasteiger partial charge is 0.197 e. The molecule has 3 nitrogen and oxygen atoms in total. The Morgan fingerprint density at radius 3 is 2.14 bits per heavy atom. The molecule has 0 aliphatic carbocycles. The van der Waals surface area contributed by atoms with Crippen LogP contribution in [-0.4, -0.2) is 35.2 Å². The second-order valence-corrected chi connectivity index (χ2v) is 14.0. The molecule has 0 aromatic rings. The second-order valence-electron chi connectivity index (χ2n) is 6.69. The van der Waals surface area contributed by atoms with Crippen molar-refractivity contribution < 1.29 is 14.3 Å². The summed E-state index contributed by atoms with van der Waals surface area (Å²) in [6, 6.07) is 0.